The lowest BCUT2D eigenvalue weighted by Gasteiger charge is -2.22. The van der Waals surface area contributed by atoms with Gasteiger partial charge in [-0.1, -0.05) is 45.2 Å². The van der Waals surface area contributed by atoms with E-state index in [1.165, 1.54) is 0 Å². The average Bonchev–Trinajstić information content (AvgIpc) is 3.04. The number of amides is 1. The molecule has 2 atom stereocenters. The van der Waals surface area contributed by atoms with Gasteiger partial charge in [0, 0.05) is 19.0 Å². The third kappa shape index (κ3) is 7.14. The van der Waals surface area contributed by atoms with E-state index in [9.17, 15) is 9.59 Å². The van der Waals surface area contributed by atoms with Gasteiger partial charge in [-0.25, -0.2) is 4.79 Å². The predicted molar refractivity (Wildman–Crippen MR) is 101 cm³/mol. The van der Waals surface area contributed by atoms with E-state index in [1.807, 2.05) is 13.8 Å². The fourth-order valence-electron chi connectivity index (χ4n) is 2.91. The molecule has 0 aromatic heterocycles. The van der Waals surface area contributed by atoms with Gasteiger partial charge in [0.1, 0.15) is 12.6 Å². The van der Waals surface area contributed by atoms with Gasteiger partial charge in [0.25, 0.3) is 0 Å². The third-order valence-electron chi connectivity index (χ3n) is 4.23. The first-order valence-electron chi connectivity index (χ1n) is 8.97. The van der Waals surface area contributed by atoms with Crippen molar-refractivity contribution in [2.45, 2.75) is 51.6 Å². The maximum atomic E-state index is 12.4. The van der Waals surface area contributed by atoms with Crippen molar-refractivity contribution in [1.29, 1.82) is 5.26 Å². The number of ether oxygens (including phenoxy) is 1. The highest BCUT2D eigenvalue weighted by atomic mass is 16.5. The lowest BCUT2D eigenvalue weighted by Crippen LogP contribution is -2.44. The van der Waals surface area contributed by atoms with Gasteiger partial charge in [-0.2, -0.15) is 5.26 Å². The molecule has 1 N–H and O–H groups in total. The van der Waals surface area contributed by atoms with E-state index < -0.39 is 12.0 Å². The van der Waals surface area contributed by atoms with Crippen LogP contribution in [0.2, 0.25) is 0 Å². The highest BCUT2D eigenvalue weighted by molar-refractivity contribution is 5.84. The minimum Gasteiger partial charge on any atom is -0.459 e. The normalized spacial score (nSPS) is 18.2. The summed E-state index contributed by atoms with van der Waals surface area (Å²) >= 11 is 0. The van der Waals surface area contributed by atoms with E-state index in [-0.39, 0.29) is 30.9 Å². The molecule has 0 aromatic rings. The van der Waals surface area contributed by atoms with Gasteiger partial charge < -0.3 is 15.0 Å². The summed E-state index contributed by atoms with van der Waals surface area (Å²) in [5.74, 6) is -0.477. The van der Waals surface area contributed by atoms with E-state index in [0.717, 1.165) is 18.4 Å². The minimum atomic E-state index is -0.700. The summed E-state index contributed by atoms with van der Waals surface area (Å²) in [4.78, 5) is 26.4. The van der Waals surface area contributed by atoms with E-state index in [0.29, 0.717) is 13.0 Å². The summed E-state index contributed by atoms with van der Waals surface area (Å²) in [6.07, 6.45) is 9.45. The molecule has 1 fully saturated rings. The largest absolute Gasteiger partial charge is 0.459 e. The number of nitriles is 1. The molecule has 0 aromatic carbocycles. The summed E-state index contributed by atoms with van der Waals surface area (Å²) in [6, 6.07) is -0.784. The van der Waals surface area contributed by atoms with Gasteiger partial charge >= 0.3 is 5.97 Å². The molecule has 0 spiro atoms. The molecule has 1 amide bonds. The zero-order chi connectivity index (χ0) is 19.5. The second-order valence-electron chi connectivity index (χ2n) is 6.83. The molecule has 26 heavy (non-hydrogen) atoms. The second kappa shape index (κ2) is 11.1. The number of hydrogen-bond acceptors (Lipinski definition) is 5. The van der Waals surface area contributed by atoms with Crippen LogP contribution in [-0.4, -0.2) is 42.0 Å². The molecule has 0 radical (unpaired) electrons. The van der Waals surface area contributed by atoms with Crippen molar-refractivity contribution in [2.24, 2.45) is 5.92 Å². The van der Waals surface area contributed by atoms with E-state index in [2.05, 4.69) is 24.7 Å². The Hall–Kier alpha value is -2.55. The molecule has 0 bridgehead atoms. The molecule has 1 rings (SSSR count). The van der Waals surface area contributed by atoms with Crippen LogP contribution in [-0.2, 0) is 14.3 Å². The number of likely N-dealkylation sites (tertiary alicyclic amines) is 1. The predicted octanol–water partition coefficient (Wildman–Crippen LogP) is 2.69. The van der Waals surface area contributed by atoms with Crippen LogP contribution in [0, 0.1) is 17.4 Å². The van der Waals surface area contributed by atoms with Gasteiger partial charge in [0.15, 0.2) is 6.19 Å². The molecule has 6 heteroatoms. The van der Waals surface area contributed by atoms with E-state index >= 15 is 0 Å². The highest BCUT2D eigenvalue weighted by Gasteiger charge is 2.29. The summed E-state index contributed by atoms with van der Waals surface area (Å²) in [7, 11) is 0. The fraction of sp³-hybridized carbons (Fsp3) is 0.550. The monoisotopic (exact) mass is 359 g/mol. The summed E-state index contributed by atoms with van der Waals surface area (Å²) < 4.78 is 5.32. The summed E-state index contributed by atoms with van der Waals surface area (Å²) in [6.45, 7) is 12.0. The van der Waals surface area contributed by atoms with Crippen LogP contribution >= 0.6 is 0 Å². The lowest BCUT2D eigenvalue weighted by atomic mass is 10.0. The number of allylic oxidation sites excluding steroid dienone is 2. The molecule has 142 valence electrons. The Morgan fingerprint density at radius 2 is 2.15 bits per heavy atom. The quantitative estimate of drug-likeness (QED) is 0.368. The maximum absolute atomic E-state index is 12.4. The van der Waals surface area contributed by atoms with Gasteiger partial charge in [0.05, 0.1) is 0 Å². The van der Waals surface area contributed by atoms with E-state index in [1.54, 1.807) is 23.1 Å². The molecule has 0 saturated carbocycles. The SMILES string of the molecule is C=C/C=C(\C=C)COC(=O)[C@H](CC(C)C)NC(=O)C[C@H]1CCCN1C#N. The Kier molecular flexibility index (Phi) is 9.21. The zero-order valence-electron chi connectivity index (χ0n) is 15.7. The Morgan fingerprint density at radius 1 is 1.42 bits per heavy atom. The standard InChI is InChI=1S/C20H29N3O3/c1-5-8-16(6-2)13-26-20(25)18(11-15(3)4)22-19(24)12-17-9-7-10-23(17)14-21/h5-6,8,15,17-18H,1-2,7,9-13H2,3-4H3,(H,22,24)/b16-8+/t17-,18+/m1/s1. The van der Waals surface area contributed by atoms with Crippen LogP contribution in [0.1, 0.15) is 39.5 Å². The third-order valence-corrected chi connectivity index (χ3v) is 4.23. The first-order chi connectivity index (χ1) is 12.4. The summed E-state index contributed by atoms with van der Waals surface area (Å²) in [5.41, 5.74) is 0.735. The number of carbonyl (C=O) groups excluding carboxylic acids is 2. The number of esters is 1. The van der Waals surface area contributed by atoms with Crippen LogP contribution < -0.4 is 5.32 Å². The van der Waals surface area contributed by atoms with Crippen molar-refractivity contribution in [3.05, 3.63) is 37.0 Å². The Bertz CT molecular complexity index is 590. The van der Waals surface area contributed by atoms with Gasteiger partial charge in [-0.15, -0.1) is 0 Å². The number of nitrogens with one attached hydrogen (secondary N) is 1. The van der Waals surface area contributed by atoms with Crippen LogP contribution in [0.15, 0.2) is 37.0 Å². The Morgan fingerprint density at radius 3 is 2.73 bits per heavy atom. The van der Waals surface area contributed by atoms with E-state index in [4.69, 9.17) is 10.00 Å². The van der Waals surface area contributed by atoms with Crippen molar-refractivity contribution in [1.82, 2.24) is 10.2 Å². The molecule has 1 aliphatic rings. The van der Waals surface area contributed by atoms with Gasteiger partial charge in [0.2, 0.25) is 5.91 Å². The van der Waals surface area contributed by atoms with Crippen molar-refractivity contribution >= 4 is 11.9 Å². The lowest BCUT2D eigenvalue weighted by molar-refractivity contribution is -0.147. The topological polar surface area (TPSA) is 82.4 Å². The number of rotatable bonds is 10. The minimum absolute atomic E-state index is 0.0846. The number of hydrogen-bond donors (Lipinski definition) is 1. The number of carbonyl (C=O) groups is 2. The molecule has 0 aliphatic carbocycles. The van der Waals surface area contributed by atoms with Crippen molar-refractivity contribution in [3.8, 4) is 6.19 Å². The van der Waals surface area contributed by atoms with Crippen molar-refractivity contribution in [3.63, 3.8) is 0 Å². The smallest absolute Gasteiger partial charge is 0.328 e. The molecule has 6 nitrogen and oxygen atoms in total. The maximum Gasteiger partial charge on any atom is 0.328 e. The van der Waals surface area contributed by atoms with Gasteiger partial charge in [-0.3, -0.25) is 4.79 Å². The van der Waals surface area contributed by atoms with Crippen LogP contribution in [0.3, 0.4) is 0 Å². The molecular formula is C20H29N3O3. The first kappa shape index (κ1) is 21.5. The van der Waals surface area contributed by atoms with Crippen LogP contribution in [0.4, 0.5) is 0 Å². The average molecular weight is 359 g/mol. The van der Waals surface area contributed by atoms with Crippen LogP contribution in [0.5, 0.6) is 0 Å². The van der Waals surface area contributed by atoms with Gasteiger partial charge in [-0.05, 0) is 30.8 Å². The number of nitrogens with zero attached hydrogens (tertiary/aromatic N) is 2. The molecule has 1 aliphatic heterocycles. The van der Waals surface area contributed by atoms with Crippen molar-refractivity contribution in [2.75, 3.05) is 13.2 Å². The zero-order valence-corrected chi connectivity index (χ0v) is 15.7. The molecule has 1 heterocycles. The Balaban J connectivity index is 2.64. The summed E-state index contributed by atoms with van der Waals surface area (Å²) in [5, 5.41) is 11.9. The van der Waals surface area contributed by atoms with Crippen molar-refractivity contribution < 1.29 is 14.3 Å². The second-order valence-corrected chi connectivity index (χ2v) is 6.83. The molecule has 1 saturated heterocycles. The molecular weight excluding hydrogens is 330 g/mol. The fourth-order valence-corrected chi connectivity index (χ4v) is 2.91. The highest BCUT2D eigenvalue weighted by Crippen LogP contribution is 2.19. The first-order valence-corrected chi connectivity index (χ1v) is 8.97. The van der Waals surface area contributed by atoms with Crippen LogP contribution in [0.25, 0.3) is 0 Å². The molecule has 0 unspecified atom stereocenters. The Labute approximate surface area is 156 Å².